The molecule has 2 aromatic carbocycles. The summed E-state index contributed by atoms with van der Waals surface area (Å²) in [6, 6.07) is 14.9. The van der Waals surface area contributed by atoms with Gasteiger partial charge in [-0.25, -0.2) is 0 Å². The molecule has 3 nitrogen and oxygen atoms in total. The highest BCUT2D eigenvalue weighted by atomic mass is 35.5. The fourth-order valence-corrected chi connectivity index (χ4v) is 10.2. The molecule has 3 aromatic rings. The van der Waals surface area contributed by atoms with E-state index in [1.165, 1.54) is 0 Å². The van der Waals surface area contributed by atoms with E-state index in [-0.39, 0.29) is 5.91 Å². The zero-order valence-corrected chi connectivity index (χ0v) is 21.4. The van der Waals surface area contributed by atoms with Gasteiger partial charge in [0.25, 0.3) is 5.91 Å². The lowest BCUT2D eigenvalue weighted by Gasteiger charge is -2.38. The SMILES string of the molecule is CC(C)[Si](C#Cc1cc(Cl)ccc1C(=O)Nc1cccc2cccnc12)(C(C)C)C(C)C. The molecule has 5 heteroatoms. The summed E-state index contributed by atoms with van der Waals surface area (Å²) >= 11 is 6.30. The van der Waals surface area contributed by atoms with E-state index in [1.54, 1.807) is 24.4 Å². The fraction of sp³-hybridized carbons (Fsp3) is 0.333. The zero-order chi connectivity index (χ0) is 23.5. The van der Waals surface area contributed by atoms with Gasteiger partial charge in [-0.15, -0.1) is 5.54 Å². The molecular formula is C27H31ClN2OSi. The topological polar surface area (TPSA) is 42.0 Å². The van der Waals surface area contributed by atoms with Crippen molar-refractivity contribution in [1.29, 1.82) is 0 Å². The summed E-state index contributed by atoms with van der Waals surface area (Å²) in [5.74, 6) is 3.18. The molecule has 0 bridgehead atoms. The van der Waals surface area contributed by atoms with Gasteiger partial charge in [0.2, 0.25) is 0 Å². The molecule has 166 valence electrons. The molecule has 0 aliphatic rings. The van der Waals surface area contributed by atoms with Crippen LogP contribution in [-0.4, -0.2) is 19.0 Å². The van der Waals surface area contributed by atoms with Gasteiger partial charge in [-0.05, 0) is 47.0 Å². The summed E-state index contributed by atoms with van der Waals surface area (Å²) in [6.07, 6.45) is 1.73. The molecule has 3 rings (SSSR count). The van der Waals surface area contributed by atoms with Crippen molar-refractivity contribution in [3.05, 3.63) is 70.9 Å². The van der Waals surface area contributed by atoms with Gasteiger partial charge in [0.05, 0.1) is 16.8 Å². The molecule has 0 saturated heterocycles. The molecule has 0 unspecified atom stereocenters. The van der Waals surface area contributed by atoms with Crippen LogP contribution in [0.4, 0.5) is 5.69 Å². The van der Waals surface area contributed by atoms with Crippen LogP contribution >= 0.6 is 11.6 Å². The molecule has 32 heavy (non-hydrogen) atoms. The van der Waals surface area contributed by atoms with Crippen LogP contribution in [0.15, 0.2) is 54.7 Å². The van der Waals surface area contributed by atoms with Crippen molar-refractivity contribution in [2.24, 2.45) is 0 Å². The number of nitrogens with zero attached hydrogens (tertiary/aromatic N) is 1. The monoisotopic (exact) mass is 462 g/mol. The average Bonchev–Trinajstić information content (AvgIpc) is 2.73. The fourth-order valence-electron chi connectivity index (χ4n) is 4.82. The maximum absolute atomic E-state index is 13.3. The van der Waals surface area contributed by atoms with Crippen molar-refractivity contribution >= 4 is 42.2 Å². The molecule has 0 aliphatic heterocycles. The summed E-state index contributed by atoms with van der Waals surface area (Å²) in [4.78, 5) is 17.7. The van der Waals surface area contributed by atoms with Crippen LogP contribution in [-0.2, 0) is 0 Å². The molecule has 0 saturated carbocycles. The number of hydrogen-bond acceptors (Lipinski definition) is 2. The minimum absolute atomic E-state index is 0.213. The van der Waals surface area contributed by atoms with E-state index in [9.17, 15) is 4.79 Å². The third-order valence-electron chi connectivity index (χ3n) is 6.39. The molecule has 0 spiro atoms. The first kappa shape index (κ1) is 24.0. The maximum atomic E-state index is 13.3. The first-order chi connectivity index (χ1) is 15.2. The number of benzene rings is 2. The highest BCUT2D eigenvalue weighted by Crippen LogP contribution is 2.40. The van der Waals surface area contributed by atoms with E-state index >= 15 is 0 Å². The van der Waals surface area contributed by atoms with E-state index in [0.29, 0.717) is 38.5 Å². The average molecular weight is 463 g/mol. The summed E-state index contributed by atoms with van der Waals surface area (Å²) < 4.78 is 0. The largest absolute Gasteiger partial charge is 0.320 e. The Kier molecular flexibility index (Phi) is 7.43. The Morgan fingerprint density at radius 2 is 1.62 bits per heavy atom. The van der Waals surface area contributed by atoms with Gasteiger partial charge in [-0.2, -0.15) is 0 Å². The standard InChI is InChI=1S/C27H31ClN2OSi/c1-18(2)32(19(3)4,20(5)6)16-14-22-17-23(28)12-13-24(22)27(31)30-25-11-7-9-21-10-8-15-29-26(21)25/h7-13,15,17-20H,1-6H3,(H,30,31). The third-order valence-corrected chi connectivity index (χ3v) is 12.9. The van der Waals surface area contributed by atoms with Crippen molar-refractivity contribution < 1.29 is 4.79 Å². The minimum Gasteiger partial charge on any atom is -0.320 e. The summed E-state index contributed by atoms with van der Waals surface area (Å²) in [5, 5.41) is 4.57. The van der Waals surface area contributed by atoms with Crippen molar-refractivity contribution in [2.45, 2.75) is 58.2 Å². The molecule has 1 heterocycles. The minimum atomic E-state index is -1.94. The highest BCUT2D eigenvalue weighted by Gasteiger charge is 2.41. The predicted molar refractivity (Wildman–Crippen MR) is 139 cm³/mol. The van der Waals surface area contributed by atoms with E-state index in [0.717, 1.165) is 10.9 Å². The Bertz CT molecular complexity index is 1160. The second-order valence-corrected chi connectivity index (χ2v) is 15.2. The highest BCUT2D eigenvalue weighted by molar-refractivity contribution is 6.90. The van der Waals surface area contributed by atoms with Gasteiger partial charge in [0, 0.05) is 22.2 Å². The van der Waals surface area contributed by atoms with Gasteiger partial charge in [-0.3, -0.25) is 9.78 Å². The van der Waals surface area contributed by atoms with Crippen LogP contribution < -0.4 is 5.32 Å². The van der Waals surface area contributed by atoms with E-state index in [4.69, 9.17) is 11.6 Å². The third kappa shape index (κ3) is 4.75. The van der Waals surface area contributed by atoms with Crippen LogP contribution in [0.25, 0.3) is 10.9 Å². The number of nitrogens with one attached hydrogen (secondary N) is 1. The summed E-state index contributed by atoms with van der Waals surface area (Å²) in [6.45, 7) is 13.7. The number of fused-ring (bicyclic) bond motifs is 1. The Morgan fingerprint density at radius 3 is 2.28 bits per heavy atom. The van der Waals surface area contributed by atoms with E-state index in [2.05, 4.69) is 63.3 Å². The molecule has 0 fully saturated rings. The van der Waals surface area contributed by atoms with Crippen LogP contribution in [0, 0.1) is 11.5 Å². The second kappa shape index (κ2) is 9.89. The number of halogens is 1. The van der Waals surface area contributed by atoms with Crippen molar-refractivity contribution in [1.82, 2.24) is 4.98 Å². The lowest BCUT2D eigenvalue weighted by molar-refractivity contribution is 0.102. The molecular weight excluding hydrogens is 432 g/mol. The van der Waals surface area contributed by atoms with Crippen LogP contribution in [0.2, 0.25) is 21.6 Å². The normalized spacial score (nSPS) is 11.7. The molecule has 0 aliphatic carbocycles. The Morgan fingerprint density at radius 1 is 0.969 bits per heavy atom. The first-order valence-corrected chi connectivity index (χ1v) is 13.8. The number of para-hydroxylation sites is 1. The number of carbonyl (C=O) groups is 1. The van der Waals surface area contributed by atoms with Gasteiger partial charge in [-0.1, -0.05) is 77.3 Å². The van der Waals surface area contributed by atoms with E-state index < -0.39 is 8.07 Å². The lowest BCUT2D eigenvalue weighted by atomic mass is 10.1. The number of aromatic nitrogens is 1. The molecule has 1 amide bonds. The second-order valence-electron chi connectivity index (χ2n) is 9.17. The number of anilines is 1. The number of rotatable bonds is 5. The number of hydrogen-bond donors (Lipinski definition) is 1. The lowest BCUT2D eigenvalue weighted by Crippen LogP contribution is -2.43. The number of pyridine rings is 1. The molecule has 1 aromatic heterocycles. The van der Waals surface area contributed by atoms with Crippen molar-refractivity contribution in [3.8, 4) is 11.5 Å². The Balaban J connectivity index is 2.04. The van der Waals surface area contributed by atoms with Crippen LogP contribution in [0.1, 0.15) is 57.5 Å². The number of carbonyl (C=O) groups excluding carboxylic acids is 1. The Labute approximate surface area is 197 Å². The Hall–Kier alpha value is -2.61. The van der Waals surface area contributed by atoms with Crippen LogP contribution in [0.3, 0.4) is 0 Å². The quantitative estimate of drug-likeness (QED) is 0.311. The summed E-state index contributed by atoms with van der Waals surface area (Å²) in [7, 11) is -1.94. The smallest absolute Gasteiger partial charge is 0.256 e. The van der Waals surface area contributed by atoms with Gasteiger partial charge in [0.1, 0.15) is 8.07 Å². The predicted octanol–water partition coefficient (Wildman–Crippen LogP) is 7.71. The van der Waals surface area contributed by atoms with Gasteiger partial charge >= 0.3 is 0 Å². The van der Waals surface area contributed by atoms with Gasteiger partial charge < -0.3 is 5.32 Å². The first-order valence-electron chi connectivity index (χ1n) is 11.1. The molecule has 1 N–H and O–H groups in total. The van der Waals surface area contributed by atoms with Crippen LogP contribution in [0.5, 0.6) is 0 Å². The molecule has 0 atom stereocenters. The van der Waals surface area contributed by atoms with Crippen molar-refractivity contribution in [2.75, 3.05) is 5.32 Å². The number of amides is 1. The maximum Gasteiger partial charge on any atom is 0.256 e. The van der Waals surface area contributed by atoms with Gasteiger partial charge in [0.15, 0.2) is 0 Å². The van der Waals surface area contributed by atoms with E-state index in [1.807, 2.05) is 30.3 Å². The zero-order valence-electron chi connectivity index (χ0n) is 19.7. The molecule has 0 radical (unpaired) electrons. The summed E-state index contributed by atoms with van der Waals surface area (Å²) in [5.41, 5.74) is 7.85. The van der Waals surface area contributed by atoms with Crippen molar-refractivity contribution in [3.63, 3.8) is 0 Å².